The number of nitrogens with one attached hydrogen (secondary N) is 1. The molecule has 128 valence electrons. The van der Waals surface area contributed by atoms with Crippen LogP contribution in [0, 0.1) is 0 Å². The molecule has 1 aliphatic heterocycles. The summed E-state index contributed by atoms with van der Waals surface area (Å²) in [5.41, 5.74) is 0. The summed E-state index contributed by atoms with van der Waals surface area (Å²) in [6, 6.07) is 7.20. The third-order valence-electron chi connectivity index (χ3n) is 3.79. The second kappa shape index (κ2) is 8.96. The van der Waals surface area contributed by atoms with Crippen molar-refractivity contribution in [3.63, 3.8) is 0 Å². The summed E-state index contributed by atoms with van der Waals surface area (Å²) in [5, 5.41) is 10.7. The van der Waals surface area contributed by atoms with Crippen LogP contribution in [0.25, 0.3) is 0 Å². The Morgan fingerprint density at radius 1 is 1.39 bits per heavy atom. The Balaban J connectivity index is 1.69. The molecule has 1 heterocycles. The van der Waals surface area contributed by atoms with Gasteiger partial charge in [-0.25, -0.2) is 4.79 Å². The molecule has 1 fully saturated rings. The monoisotopic (exact) mass is 343 g/mol. The van der Waals surface area contributed by atoms with Crippen molar-refractivity contribution in [2.45, 2.75) is 13.0 Å². The van der Waals surface area contributed by atoms with Crippen LogP contribution in [0.15, 0.2) is 24.3 Å². The predicted octanol–water partition coefficient (Wildman–Crippen LogP) is 0.437. The van der Waals surface area contributed by atoms with Crippen LogP contribution in [0.2, 0.25) is 5.02 Å². The number of ether oxygens (including phenoxy) is 2. The van der Waals surface area contributed by atoms with Crippen molar-refractivity contribution in [1.82, 2.24) is 4.90 Å². The number of halogens is 1. The van der Waals surface area contributed by atoms with Crippen LogP contribution in [-0.2, 0) is 4.74 Å². The number of hydrogen-bond acceptors (Lipinski definition) is 4. The number of nitrogens with zero attached hydrogens (tertiary/aromatic N) is 1. The van der Waals surface area contributed by atoms with Gasteiger partial charge in [0.05, 0.1) is 37.8 Å². The van der Waals surface area contributed by atoms with E-state index in [1.165, 1.54) is 4.90 Å². The molecule has 0 radical (unpaired) electrons. The normalized spacial score (nSPS) is 16.9. The Morgan fingerprint density at radius 2 is 2.09 bits per heavy atom. The first-order valence-electron chi connectivity index (χ1n) is 7.90. The van der Waals surface area contributed by atoms with Gasteiger partial charge >= 0.3 is 6.09 Å². The summed E-state index contributed by atoms with van der Waals surface area (Å²) in [7, 11) is 0. The molecular weight excluding hydrogens is 320 g/mol. The van der Waals surface area contributed by atoms with Crippen LogP contribution in [0.4, 0.5) is 4.79 Å². The molecule has 0 spiro atoms. The van der Waals surface area contributed by atoms with E-state index in [0.717, 1.165) is 13.1 Å². The Morgan fingerprint density at radius 3 is 2.74 bits per heavy atom. The summed E-state index contributed by atoms with van der Waals surface area (Å²) >= 11 is 6.01. The van der Waals surface area contributed by atoms with E-state index in [2.05, 4.69) is 0 Å². The number of amides is 1. The molecule has 6 nitrogen and oxygen atoms in total. The number of aliphatic hydroxyl groups is 1. The van der Waals surface area contributed by atoms with Gasteiger partial charge in [-0.15, -0.1) is 0 Å². The minimum atomic E-state index is -0.574. The fourth-order valence-corrected chi connectivity index (χ4v) is 2.75. The van der Waals surface area contributed by atoms with Crippen molar-refractivity contribution >= 4 is 17.7 Å². The lowest BCUT2D eigenvalue weighted by Gasteiger charge is -2.32. The number of carbonyl (C=O) groups is 1. The van der Waals surface area contributed by atoms with Crippen LogP contribution in [0.5, 0.6) is 5.75 Å². The van der Waals surface area contributed by atoms with E-state index in [0.29, 0.717) is 37.0 Å². The van der Waals surface area contributed by atoms with E-state index < -0.39 is 6.10 Å². The Kier molecular flexibility index (Phi) is 6.95. The van der Waals surface area contributed by atoms with E-state index in [1.807, 2.05) is 12.1 Å². The molecule has 1 aromatic carbocycles. The zero-order valence-corrected chi connectivity index (χ0v) is 14.1. The number of para-hydroxylation sites is 1. The maximum atomic E-state index is 11.6. The van der Waals surface area contributed by atoms with Gasteiger partial charge in [-0.05, 0) is 19.1 Å². The van der Waals surface area contributed by atoms with Gasteiger partial charge < -0.3 is 19.5 Å². The van der Waals surface area contributed by atoms with E-state index in [1.54, 1.807) is 24.0 Å². The van der Waals surface area contributed by atoms with Gasteiger partial charge in [0.2, 0.25) is 0 Å². The lowest BCUT2D eigenvalue weighted by molar-refractivity contribution is -0.907. The van der Waals surface area contributed by atoms with Crippen LogP contribution in [0.1, 0.15) is 6.92 Å². The van der Waals surface area contributed by atoms with E-state index in [4.69, 9.17) is 21.1 Å². The Hall–Kier alpha value is -1.50. The molecule has 0 saturated carbocycles. The van der Waals surface area contributed by atoms with Crippen LogP contribution < -0.4 is 9.64 Å². The van der Waals surface area contributed by atoms with Crippen molar-refractivity contribution in [1.29, 1.82) is 0 Å². The smallest absolute Gasteiger partial charge is 0.410 e. The van der Waals surface area contributed by atoms with Crippen molar-refractivity contribution in [2.75, 3.05) is 45.9 Å². The number of piperazine rings is 1. The van der Waals surface area contributed by atoms with Gasteiger partial charge in [0, 0.05) is 0 Å². The third-order valence-corrected chi connectivity index (χ3v) is 4.10. The van der Waals surface area contributed by atoms with E-state index >= 15 is 0 Å². The molecule has 1 saturated heterocycles. The highest BCUT2D eigenvalue weighted by atomic mass is 35.5. The van der Waals surface area contributed by atoms with Gasteiger partial charge in [0.1, 0.15) is 25.0 Å². The number of benzene rings is 1. The zero-order valence-electron chi connectivity index (χ0n) is 13.3. The molecule has 1 aromatic rings. The van der Waals surface area contributed by atoms with Gasteiger partial charge in [0.25, 0.3) is 0 Å². The average Bonchev–Trinajstić information content (AvgIpc) is 2.55. The number of quaternary nitrogens is 1. The number of aliphatic hydroxyl groups excluding tert-OH is 1. The lowest BCUT2D eigenvalue weighted by Crippen LogP contribution is -3.16. The topological polar surface area (TPSA) is 63.4 Å². The second-order valence-corrected chi connectivity index (χ2v) is 5.94. The highest BCUT2D eigenvalue weighted by Crippen LogP contribution is 2.22. The highest BCUT2D eigenvalue weighted by Gasteiger charge is 2.26. The summed E-state index contributed by atoms with van der Waals surface area (Å²) in [4.78, 5) is 14.6. The molecule has 0 aromatic heterocycles. The van der Waals surface area contributed by atoms with Crippen molar-refractivity contribution in [2.24, 2.45) is 0 Å². The van der Waals surface area contributed by atoms with Crippen LogP contribution >= 0.6 is 11.6 Å². The third kappa shape index (κ3) is 5.57. The minimum absolute atomic E-state index is 0.203. The van der Waals surface area contributed by atoms with Crippen LogP contribution in [-0.4, -0.2) is 68.1 Å². The molecule has 0 aliphatic carbocycles. The predicted molar refractivity (Wildman–Crippen MR) is 87.1 cm³/mol. The fourth-order valence-electron chi connectivity index (χ4n) is 2.56. The number of rotatable bonds is 6. The summed E-state index contributed by atoms with van der Waals surface area (Å²) in [6.45, 7) is 5.86. The van der Waals surface area contributed by atoms with Gasteiger partial charge in [-0.1, -0.05) is 23.7 Å². The van der Waals surface area contributed by atoms with Gasteiger partial charge in [-0.3, -0.25) is 4.90 Å². The Bertz CT molecular complexity index is 507. The quantitative estimate of drug-likeness (QED) is 0.786. The van der Waals surface area contributed by atoms with Crippen molar-refractivity contribution < 1.29 is 24.3 Å². The average molecular weight is 344 g/mol. The summed E-state index contributed by atoms with van der Waals surface area (Å²) in [6.07, 6.45) is -0.829. The SMILES string of the molecule is CCOC(=O)N1CC[NH+](C[C@H](O)COc2ccccc2Cl)CC1. The maximum Gasteiger partial charge on any atom is 0.410 e. The zero-order chi connectivity index (χ0) is 16.7. The summed E-state index contributed by atoms with van der Waals surface area (Å²) < 4.78 is 10.5. The second-order valence-electron chi connectivity index (χ2n) is 5.54. The molecule has 1 amide bonds. The molecule has 7 heteroatoms. The molecule has 2 rings (SSSR count). The van der Waals surface area contributed by atoms with E-state index in [-0.39, 0.29) is 12.7 Å². The summed E-state index contributed by atoms with van der Waals surface area (Å²) in [5.74, 6) is 0.579. The molecule has 1 atom stereocenters. The molecule has 0 bridgehead atoms. The first-order valence-corrected chi connectivity index (χ1v) is 8.28. The molecule has 0 unspecified atom stereocenters. The molecule has 2 N–H and O–H groups in total. The van der Waals surface area contributed by atoms with Crippen molar-refractivity contribution in [3.8, 4) is 5.75 Å². The van der Waals surface area contributed by atoms with Gasteiger partial charge in [0.15, 0.2) is 0 Å². The van der Waals surface area contributed by atoms with Gasteiger partial charge in [-0.2, -0.15) is 0 Å². The highest BCUT2D eigenvalue weighted by molar-refractivity contribution is 6.32. The van der Waals surface area contributed by atoms with Crippen LogP contribution in [0.3, 0.4) is 0 Å². The first-order chi connectivity index (χ1) is 11.1. The number of carbonyl (C=O) groups excluding carboxylic acids is 1. The molecular formula is C16H24ClN2O4+. The fraction of sp³-hybridized carbons (Fsp3) is 0.562. The maximum absolute atomic E-state index is 11.6. The molecule has 1 aliphatic rings. The minimum Gasteiger partial charge on any atom is -0.489 e. The lowest BCUT2D eigenvalue weighted by atomic mass is 10.2. The van der Waals surface area contributed by atoms with Crippen molar-refractivity contribution in [3.05, 3.63) is 29.3 Å². The standard InChI is InChI=1S/C16H23ClN2O4/c1-2-22-16(21)19-9-7-18(8-10-19)11-13(20)12-23-15-6-4-3-5-14(15)17/h3-6,13,20H,2,7-12H2,1H3/p+1/t13-/m0/s1. The first kappa shape index (κ1) is 17.8. The van der Waals surface area contributed by atoms with E-state index in [9.17, 15) is 9.90 Å². The largest absolute Gasteiger partial charge is 0.489 e. The Labute approximate surface area is 141 Å². The molecule has 23 heavy (non-hydrogen) atoms. The number of hydrogen-bond donors (Lipinski definition) is 2.